The van der Waals surface area contributed by atoms with Crippen LogP contribution in [0.5, 0.6) is 0 Å². The molecule has 0 aliphatic carbocycles. The number of nitrogens with one attached hydrogen (secondary N) is 1. The van der Waals surface area contributed by atoms with E-state index in [4.69, 9.17) is 5.73 Å². The van der Waals surface area contributed by atoms with Crippen molar-refractivity contribution < 1.29 is 4.79 Å². The summed E-state index contributed by atoms with van der Waals surface area (Å²) in [5, 5.41) is 6.94. The second-order valence-electron chi connectivity index (χ2n) is 3.82. The van der Waals surface area contributed by atoms with Gasteiger partial charge in [0.2, 0.25) is 5.91 Å². The molecule has 0 spiro atoms. The van der Waals surface area contributed by atoms with E-state index in [-0.39, 0.29) is 18.5 Å². The van der Waals surface area contributed by atoms with Crippen LogP contribution in [0.4, 0.5) is 0 Å². The zero-order chi connectivity index (χ0) is 12.0. The van der Waals surface area contributed by atoms with Crippen molar-refractivity contribution in [2.75, 3.05) is 0 Å². The van der Waals surface area contributed by atoms with Crippen LogP contribution in [-0.4, -0.2) is 26.7 Å². The molecule has 0 bridgehead atoms. The Morgan fingerprint density at radius 3 is 3.00 bits per heavy atom. The summed E-state index contributed by atoms with van der Waals surface area (Å²) in [4.78, 5) is 15.5. The Morgan fingerprint density at radius 2 is 2.44 bits per heavy atom. The predicted octanol–water partition coefficient (Wildman–Crippen LogP) is 0.0416. The van der Waals surface area contributed by atoms with Crippen LogP contribution < -0.4 is 11.1 Å². The van der Waals surface area contributed by atoms with Crippen molar-refractivity contribution >= 4 is 5.91 Å². The lowest BCUT2D eigenvalue weighted by Gasteiger charge is -2.12. The lowest BCUT2D eigenvalue weighted by molar-refractivity contribution is -0.122. The molecule has 1 unspecified atom stereocenters. The van der Waals surface area contributed by atoms with Crippen LogP contribution in [0, 0.1) is 0 Å². The molecular weight excluding hydrogens is 206 g/mol. The molecule has 3 N–H and O–H groups in total. The molecule has 1 heterocycles. The van der Waals surface area contributed by atoms with Crippen LogP contribution in [0.1, 0.15) is 32.5 Å². The molecule has 1 amide bonds. The third-order valence-corrected chi connectivity index (χ3v) is 2.20. The zero-order valence-corrected chi connectivity index (χ0v) is 9.81. The normalized spacial score (nSPS) is 12.4. The number of hydrogen-bond donors (Lipinski definition) is 2. The zero-order valence-electron chi connectivity index (χ0n) is 9.81. The minimum Gasteiger partial charge on any atom is -0.352 e. The van der Waals surface area contributed by atoms with Crippen molar-refractivity contribution in [2.24, 2.45) is 5.73 Å². The van der Waals surface area contributed by atoms with Crippen LogP contribution in [-0.2, 0) is 17.9 Å². The first kappa shape index (κ1) is 12.6. The van der Waals surface area contributed by atoms with Crippen LogP contribution in [0.2, 0.25) is 0 Å². The third kappa shape index (κ3) is 3.98. The third-order valence-electron chi connectivity index (χ3n) is 2.20. The minimum absolute atomic E-state index is 0.0468. The molecule has 0 fully saturated rings. The van der Waals surface area contributed by atoms with E-state index in [0.29, 0.717) is 12.4 Å². The van der Waals surface area contributed by atoms with Crippen LogP contribution in [0.3, 0.4) is 0 Å². The highest BCUT2D eigenvalue weighted by Crippen LogP contribution is 1.95. The smallest absolute Gasteiger partial charge is 0.242 e. The molecule has 0 aliphatic rings. The van der Waals surface area contributed by atoms with E-state index in [1.807, 2.05) is 6.92 Å². The van der Waals surface area contributed by atoms with Crippen molar-refractivity contribution in [3.05, 3.63) is 12.2 Å². The number of carbonyl (C=O) groups is 1. The molecule has 90 valence electrons. The van der Waals surface area contributed by atoms with Crippen molar-refractivity contribution in [1.82, 2.24) is 20.1 Å². The summed E-state index contributed by atoms with van der Waals surface area (Å²) in [6.45, 7) is 4.57. The van der Waals surface area contributed by atoms with Gasteiger partial charge in [0.05, 0.1) is 6.54 Å². The lowest BCUT2D eigenvalue weighted by atomic mass is 10.2. The van der Waals surface area contributed by atoms with Crippen molar-refractivity contribution in [1.29, 1.82) is 0 Å². The number of aromatic nitrogens is 3. The van der Waals surface area contributed by atoms with Gasteiger partial charge in [0.15, 0.2) is 5.82 Å². The van der Waals surface area contributed by atoms with E-state index in [2.05, 4.69) is 22.3 Å². The molecule has 1 aromatic rings. The molecule has 16 heavy (non-hydrogen) atoms. The topological polar surface area (TPSA) is 85.8 Å². The number of nitrogens with two attached hydrogens (primary N) is 1. The molecule has 1 atom stereocenters. The van der Waals surface area contributed by atoms with Gasteiger partial charge in [0.25, 0.3) is 0 Å². The maximum Gasteiger partial charge on any atom is 0.242 e. The molecule has 6 heteroatoms. The number of hydrogen-bond acceptors (Lipinski definition) is 4. The molecule has 0 radical (unpaired) electrons. The van der Waals surface area contributed by atoms with E-state index in [1.54, 1.807) is 0 Å². The van der Waals surface area contributed by atoms with Gasteiger partial charge in [-0.25, -0.2) is 9.67 Å². The Balaban J connectivity index is 2.39. The van der Waals surface area contributed by atoms with E-state index < -0.39 is 0 Å². The fourth-order valence-corrected chi connectivity index (χ4v) is 1.48. The first-order valence-corrected chi connectivity index (χ1v) is 5.53. The average Bonchev–Trinajstić information content (AvgIpc) is 2.65. The van der Waals surface area contributed by atoms with Gasteiger partial charge in [0, 0.05) is 6.04 Å². The Bertz CT molecular complexity index is 336. The molecule has 0 aliphatic heterocycles. The second kappa shape index (κ2) is 6.22. The van der Waals surface area contributed by atoms with E-state index >= 15 is 0 Å². The van der Waals surface area contributed by atoms with Gasteiger partial charge in [-0.1, -0.05) is 13.3 Å². The standard InChI is InChI=1S/C10H19N5O/c1-3-4-8(2)13-10(16)6-15-7-12-9(5-11)14-15/h7-8H,3-6,11H2,1-2H3,(H,13,16). The monoisotopic (exact) mass is 225 g/mol. The quantitative estimate of drug-likeness (QED) is 0.716. The summed E-state index contributed by atoms with van der Waals surface area (Å²) in [5.74, 6) is 0.504. The number of amides is 1. The molecule has 0 saturated carbocycles. The number of carbonyl (C=O) groups excluding carboxylic acids is 1. The summed E-state index contributed by atoms with van der Waals surface area (Å²) < 4.78 is 1.50. The first-order valence-electron chi connectivity index (χ1n) is 5.53. The summed E-state index contributed by atoms with van der Waals surface area (Å²) in [5.41, 5.74) is 5.38. The van der Waals surface area contributed by atoms with Gasteiger partial charge < -0.3 is 11.1 Å². The summed E-state index contributed by atoms with van der Waals surface area (Å²) in [7, 11) is 0. The van der Waals surface area contributed by atoms with Crippen molar-refractivity contribution in [2.45, 2.75) is 45.8 Å². The lowest BCUT2D eigenvalue weighted by Crippen LogP contribution is -2.35. The fraction of sp³-hybridized carbons (Fsp3) is 0.700. The maximum atomic E-state index is 11.6. The summed E-state index contributed by atoms with van der Waals surface area (Å²) in [6.07, 6.45) is 3.56. The second-order valence-corrected chi connectivity index (χ2v) is 3.82. The largest absolute Gasteiger partial charge is 0.352 e. The van der Waals surface area contributed by atoms with Gasteiger partial charge in [-0.2, -0.15) is 5.10 Å². The first-order chi connectivity index (χ1) is 7.65. The Morgan fingerprint density at radius 1 is 1.69 bits per heavy atom. The highest BCUT2D eigenvalue weighted by atomic mass is 16.2. The number of nitrogens with zero attached hydrogens (tertiary/aromatic N) is 3. The molecule has 1 aromatic heterocycles. The van der Waals surface area contributed by atoms with Gasteiger partial charge in [0.1, 0.15) is 12.9 Å². The molecule has 1 rings (SSSR count). The van der Waals surface area contributed by atoms with Crippen molar-refractivity contribution in [3.63, 3.8) is 0 Å². The van der Waals surface area contributed by atoms with Gasteiger partial charge in [-0.05, 0) is 13.3 Å². The fourth-order valence-electron chi connectivity index (χ4n) is 1.48. The van der Waals surface area contributed by atoms with E-state index in [1.165, 1.54) is 11.0 Å². The predicted molar refractivity (Wildman–Crippen MR) is 60.4 cm³/mol. The molecular formula is C10H19N5O. The summed E-state index contributed by atoms with van der Waals surface area (Å²) in [6, 6.07) is 0.204. The van der Waals surface area contributed by atoms with Crippen LogP contribution >= 0.6 is 0 Å². The number of rotatable bonds is 6. The Kier molecular flexibility index (Phi) is 4.91. The van der Waals surface area contributed by atoms with Crippen LogP contribution in [0.25, 0.3) is 0 Å². The van der Waals surface area contributed by atoms with Gasteiger partial charge in [-0.15, -0.1) is 0 Å². The van der Waals surface area contributed by atoms with Gasteiger partial charge in [-0.3, -0.25) is 4.79 Å². The molecule has 6 nitrogen and oxygen atoms in total. The van der Waals surface area contributed by atoms with Crippen LogP contribution in [0.15, 0.2) is 6.33 Å². The SMILES string of the molecule is CCCC(C)NC(=O)Cn1cnc(CN)n1. The minimum atomic E-state index is -0.0468. The molecule has 0 saturated heterocycles. The van der Waals surface area contributed by atoms with E-state index in [9.17, 15) is 4.79 Å². The van der Waals surface area contributed by atoms with Crippen molar-refractivity contribution in [3.8, 4) is 0 Å². The Hall–Kier alpha value is -1.43. The average molecular weight is 225 g/mol. The molecule has 0 aromatic carbocycles. The van der Waals surface area contributed by atoms with E-state index in [0.717, 1.165) is 12.8 Å². The highest BCUT2D eigenvalue weighted by Gasteiger charge is 2.08. The summed E-state index contributed by atoms with van der Waals surface area (Å²) >= 11 is 0. The highest BCUT2D eigenvalue weighted by molar-refractivity contribution is 5.75. The van der Waals surface area contributed by atoms with Gasteiger partial charge >= 0.3 is 0 Å². The Labute approximate surface area is 95.2 Å². The maximum absolute atomic E-state index is 11.6.